The van der Waals surface area contributed by atoms with E-state index in [9.17, 15) is 0 Å². The van der Waals surface area contributed by atoms with Gasteiger partial charge in [-0.15, -0.1) is 0 Å². The van der Waals surface area contributed by atoms with Crippen molar-refractivity contribution in [3.05, 3.63) is 257 Å². The van der Waals surface area contributed by atoms with Gasteiger partial charge in [-0.05, 0) is 115 Å². The highest BCUT2D eigenvalue weighted by Crippen LogP contribution is 2.48. The lowest BCUT2D eigenvalue weighted by molar-refractivity contribution is 0.663. The lowest BCUT2D eigenvalue weighted by Gasteiger charge is -2.32. The molecule has 1 aliphatic carbocycles. The van der Waals surface area contributed by atoms with Crippen molar-refractivity contribution < 1.29 is 0 Å². The number of hydrogen-bond donors (Lipinski definition) is 0. The molecule has 0 saturated carbocycles. The number of allylic oxidation sites excluding steroid dienone is 3. The van der Waals surface area contributed by atoms with E-state index in [0.717, 1.165) is 46.4 Å². The fraction of sp³-hybridized carbons (Fsp3) is 0.119. The molecule has 0 nitrogen and oxygen atoms in total. The van der Waals surface area contributed by atoms with Crippen molar-refractivity contribution in [3.8, 4) is 11.1 Å². The van der Waals surface area contributed by atoms with Gasteiger partial charge in [-0.3, -0.25) is 0 Å². The van der Waals surface area contributed by atoms with E-state index in [1.54, 1.807) is 0 Å². The zero-order chi connectivity index (χ0) is 41.3. The van der Waals surface area contributed by atoms with Gasteiger partial charge in [-0.1, -0.05) is 233 Å². The minimum absolute atomic E-state index is 0.314. The molecule has 0 radical (unpaired) electrons. The van der Waals surface area contributed by atoms with Crippen LogP contribution in [0.1, 0.15) is 60.4 Å². The molecule has 0 amide bonds. The molecule has 0 aromatic heterocycles. The third kappa shape index (κ3) is 8.67. The lowest BCUT2D eigenvalue weighted by Crippen LogP contribution is -2.26. The van der Waals surface area contributed by atoms with E-state index in [1.807, 2.05) is 13.8 Å². The van der Waals surface area contributed by atoms with Crippen LogP contribution in [0.2, 0.25) is 0 Å². The average molecular weight is 793 g/mol. The standard InChI is InChI=1S/C57H47P.C2H6/c1-41-19-15-16-31-52(41)56(46-24-11-5-12-25-46)42(2)53-37-38-54(55-32-18-27-48(57(53)55)39-43-20-7-3-8-21-43)45-33-35-50(36-34-45)58(49-28-13-6-14-29-49)51-30-17-26-47(40-51)44-22-9-4-10-23-44;1-2/h3-33,35,37-38,40,45,50H,1-2,34,36,39H2;1-2H3/b56-52+;. The van der Waals surface area contributed by atoms with Crippen molar-refractivity contribution in [2.24, 2.45) is 0 Å². The Kier molecular flexibility index (Phi) is 12.9. The molecular formula is C59H53P. The second-order valence-electron chi connectivity index (χ2n) is 15.3. The summed E-state index contributed by atoms with van der Waals surface area (Å²) < 4.78 is 0. The Balaban J connectivity index is 0.00000246. The van der Waals surface area contributed by atoms with Gasteiger partial charge in [0.05, 0.1) is 0 Å². The third-order valence-corrected chi connectivity index (χ3v) is 14.5. The third-order valence-electron chi connectivity index (χ3n) is 11.7. The molecule has 0 aliphatic heterocycles. The summed E-state index contributed by atoms with van der Waals surface area (Å²) in [5.74, 6) is 0.314. The van der Waals surface area contributed by atoms with Crippen LogP contribution in [-0.2, 0) is 6.42 Å². The Bertz CT molecular complexity index is 2840. The van der Waals surface area contributed by atoms with Crippen molar-refractivity contribution in [1.82, 2.24) is 0 Å². The second-order valence-corrected chi connectivity index (χ2v) is 17.8. The summed E-state index contributed by atoms with van der Waals surface area (Å²) in [6, 6.07) is 72.9. The quantitative estimate of drug-likeness (QED) is 0.0956. The average Bonchev–Trinajstić information content (AvgIpc) is 3.32. The SMILES string of the molecule is C=C(/C(c1ccccc1)=c1/ccccc1=C)c1ccc(C2C=CC(P(c3ccccc3)c3cccc(-c4ccccc4)c3)CC2)c2cccc(Cc3ccccc3)c12.CC. The molecule has 294 valence electrons. The largest absolute Gasteiger partial charge is 0.0911 e. The van der Waals surface area contributed by atoms with Gasteiger partial charge in [0.15, 0.2) is 0 Å². The topological polar surface area (TPSA) is 0 Å². The van der Waals surface area contributed by atoms with Crippen LogP contribution >= 0.6 is 7.92 Å². The molecule has 0 fully saturated rings. The molecule has 1 aliphatic rings. The Morgan fingerprint density at radius 1 is 0.567 bits per heavy atom. The number of hydrogen-bond acceptors (Lipinski definition) is 0. The van der Waals surface area contributed by atoms with E-state index in [-0.39, 0.29) is 0 Å². The van der Waals surface area contributed by atoms with E-state index < -0.39 is 7.92 Å². The fourth-order valence-electron chi connectivity index (χ4n) is 8.90. The van der Waals surface area contributed by atoms with E-state index in [0.29, 0.717) is 11.6 Å². The highest BCUT2D eigenvalue weighted by molar-refractivity contribution is 7.73. The summed E-state index contributed by atoms with van der Waals surface area (Å²) in [5, 5.41) is 7.59. The van der Waals surface area contributed by atoms with Gasteiger partial charge in [0.1, 0.15) is 0 Å². The second kappa shape index (κ2) is 19.2. The predicted octanol–water partition coefficient (Wildman–Crippen LogP) is 13.4. The van der Waals surface area contributed by atoms with E-state index in [4.69, 9.17) is 6.58 Å². The minimum atomic E-state index is -0.606. The van der Waals surface area contributed by atoms with Crippen LogP contribution in [0.5, 0.6) is 0 Å². The van der Waals surface area contributed by atoms with Crippen LogP contribution < -0.4 is 21.0 Å². The molecule has 0 heterocycles. The highest BCUT2D eigenvalue weighted by atomic mass is 31.1. The maximum absolute atomic E-state index is 4.90. The predicted molar refractivity (Wildman–Crippen MR) is 263 cm³/mol. The highest BCUT2D eigenvalue weighted by Gasteiger charge is 2.28. The fourth-order valence-corrected chi connectivity index (χ4v) is 11.7. The lowest BCUT2D eigenvalue weighted by atomic mass is 9.81. The van der Waals surface area contributed by atoms with Crippen LogP contribution in [0.15, 0.2) is 219 Å². The van der Waals surface area contributed by atoms with Crippen molar-refractivity contribution in [2.75, 3.05) is 0 Å². The van der Waals surface area contributed by atoms with Crippen molar-refractivity contribution in [3.63, 3.8) is 0 Å². The van der Waals surface area contributed by atoms with Crippen molar-refractivity contribution >= 4 is 47.0 Å². The number of rotatable bonds is 10. The van der Waals surface area contributed by atoms with E-state index in [2.05, 4.69) is 219 Å². The molecule has 0 saturated heterocycles. The van der Waals surface area contributed by atoms with Crippen LogP contribution in [0, 0.1) is 0 Å². The number of benzene rings is 8. The van der Waals surface area contributed by atoms with Gasteiger partial charge >= 0.3 is 0 Å². The molecule has 3 atom stereocenters. The Morgan fingerprint density at radius 3 is 1.88 bits per heavy atom. The van der Waals surface area contributed by atoms with Crippen LogP contribution in [0.4, 0.5) is 0 Å². The molecular weight excluding hydrogens is 740 g/mol. The molecule has 8 aromatic rings. The van der Waals surface area contributed by atoms with Crippen LogP contribution in [0.25, 0.3) is 39.6 Å². The van der Waals surface area contributed by atoms with Gasteiger partial charge in [-0.25, -0.2) is 0 Å². The van der Waals surface area contributed by atoms with Gasteiger partial charge in [0.25, 0.3) is 0 Å². The van der Waals surface area contributed by atoms with E-state index >= 15 is 0 Å². The first kappa shape index (κ1) is 40.4. The molecule has 1 heteroatoms. The molecule has 0 N–H and O–H groups in total. The maximum atomic E-state index is 4.90. The van der Waals surface area contributed by atoms with E-state index in [1.165, 1.54) is 54.8 Å². The number of fused-ring (bicyclic) bond motifs is 1. The normalized spacial score (nSPS) is 15.7. The summed E-state index contributed by atoms with van der Waals surface area (Å²) in [6.07, 6.45) is 8.16. The summed E-state index contributed by atoms with van der Waals surface area (Å²) >= 11 is 0. The smallest absolute Gasteiger partial charge is 0.00512 e. The first-order chi connectivity index (χ1) is 29.6. The minimum Gasteiger partial charge on any atom is -0.0911 e. The first-order valence-corrected chi connectivity index (χ1v) is 22.8. The Labute approximate surface area is 358 Å². The van der Waals surface area contributed by atoms with Crippen molar-refractivity contribution in [1.29, 1.82) is 0 Å². The van der Waals surface area contributed by atoms with Gasteiger partial charge in [0.2, 0.25) is 0 Å². The van der Waals surface area contributed by atoms with Gasteiger partial charge in [-0.2, -0.15) is 0 Å². The summed E-state index contributed by atoms with van der Waals surface area (Å²) in [5.41, 5.74) is 11.5. The first-order valence-electron chi connectivity index (χ1n) is 21.4. The molecule has 0 bridgehead atoms. The molecule has 3 unspecified atom stereocenters. The zero-order valence-electron chi connectivity index (χ0n) is 34.8. The van der Waals surface area contributed by atoms with Crippen LogP contribution in [0.3, 0.4) is 0 Å². The summed E-state index contributed by atoms with van der Waals surface area (Å²) in [6.45, 7) is 13.4. The molecule has 8 aromatic carbocycles. The molecule has 0 spiro atoms. The monoisotopic (exact) mass is 792 g/mol. The van der Waals surface area contributed by atoms with Crippen molar-refractivity contribution in [2.45, 2.75) is 44.7 Å². The summed E-state index contributed by atoms with van der Waals surface area (Å²) in [7, 11) is -0.606. The molecule has 60 heavy (non-hydrogen) atoms. The van der Waals surface area contributed by atoms with Gasteiger partial charge < -0.3 is 0 Å². The van der Waals surface area contributed by atoms with Crippen LogP contribution in [-0.4, -0.2) is 5.66 Å². The molecule has 9 rings (SSSR count). The zero-order valence-corrected chi connectivity index (χ0v) is 35.7. The Hall–Kier alpha value is -6.33. The summed E-state index contributed by atoms with van der Waals surface area (Å²) in [4.78, 5) is 0. The van der Waals surface area contributed by atoms with Gasteiger partial charge in [0, 0.05) is 11.6 Å². The Morgan fingerprint density at radius 2 is 1.18 bits per heavy atom. The maximum Gasteiger partial charge on any atom is 0.00512 e.